The number of nitrogens with one attached hydrogen (secondary N) is 2. The SMILES string of the molecule is COc1ccc(C)cc1N1C(=O)C(Cl)=C(Nc2ccc(C(=O)Nc3cc(C(F)(F)F)ccc3Cl)cc2)C1=O. The number of carbonyl (C=O) groups is 3. The lowest BCUT2D eigenvalue weighted by Gasteiger charge is -2.18. The van der Waals surface area contributed by atoms with Gasteiger partial charge in [0.25, 0.3) is 17.7 Å². The molecule has 3 amide bonds. The first kappa shape index (κ1) is 27.0. The zero-order valence-electron chi connectivity index (χ0n) is 19.7. The normalized spacial score (nSPS) is 13.7. The van der Waals surface area contributed by atoms with Crippen molar-refractivity contribution in [3.63, 3.8) is 0 Å². The summed E-state index contributed by atoms with van der Waals surface area (Å²) >= 11 is 12.1. The molecule has 2 N–H and O–H groups in total. The number of aryl methyl sites for hydroxylation is 1. The highest BCUT2D eigenvalue weighted by molar-refractivity contribution is 6.53. The van der Waals surface area contributed by atoms with Crippen molar-refractivity contribution in [2.45, 2.75) is 13.1 Å². The van der Waals surface area contributed by atoms with Gasteiger partial charge in [0.15, 0.2) is 0 Å². The van der Waals surface area contributed by atoms with Crippen LogP contribution in [0.25, 0.3) is 0 Å². The van der Waals surface area contributed by atoms with E-state index in [1.165, 1.54) is 31.4 Å². The summed E-state index contributed by atoms with van der Waals surface area (Å²) in [5, 5.41) is 4.74. The third-order valence-electron chi connectivity index (χ3n) is 5.56. The third kappa shape index (κ3) is 5.32. The van der Waals surface area contributed by atoms with E-state index >= 15 is 0 Å². The van der Waals surface area contributed by atoms with Gasteiger partial charge in [0.2, 0.25) is 0 Å². The standard InChI is InChI=1S/C26H18Cl2F3N3O4/c1-13-3-10-20(38-2)19(11-13)34-24(36)21(28)22(25(34)37)32-16-7-4-14(5-8-16)23(35)33-18-12-15(26(29,30)31)6-9-17(18)27/h3-12,32H,1-2H3,(H,33,35). The van der Waals surface area contributed by atoms with E-state index in [-0.39, 0.29) is 32.7 Å². The van der Waals surface area contributed by atoms with E-state index in [0.29, 0.717) is 11.4 Å². The van der Waals surface area contributed by atoms with Crippen LogP contribution in [0.5, 0.6) is 5.75 Å². The van der Waals surface area contributed by atoms with Gasteiger partial charge in [0.1, 0.15) is 16.5 Å². The summed E-state index contributed by atoms with van der Waals surface area (Å²) in [6.07, 6.45) is -4.60. The number of nitrogens with zero attached hydrogens (tertiary/aromatic N) is 1. The van der Waals surface area contributed by atoms with Crippen LogP contribution in [0.2, 0.25) is 5.02 Å². The number of benzene rings is 3. The van der Waals surface area contributed by atoms with Gasteiger partial charge in [-0.15, -0.1) is 0 Å². The number of amides is 3. The molecular formula is C26H18Cl2F3N3O4. The molecule has 4 rings (SSSR count). The first-order chi connectivity index (χ1) is 17.9. The molecule has 0 spiro atoms. The van der Waals surface area contributed by atoms with Crippen LogP contribution >= 0.6 is 23.2 Å². The van der Waals surface area contributed by atoms with Crippen LogP contribution in [-0.2, 0) is 15.8 Å². The van der Waals surface area contributed by atoms with Gasteiger partial charge in [0.05, 0.1) is 29.1 Å². The van der Waals surface area contributed by atoms with Gasteiger partial charge in [-0.1, -0.05) is 29.3 Å². The minimum Gasteiger partial charge on any atom is -0.495 e. The minimum atomic E-state index is -4.60. The molecule has 0 radical (unpaired) electrons. The number of hydrogen-bond acceptors (Lipinski definition) is 5. The predicted molar refractivity (Wildman–Crippen MR) is 138 cm³/mol. The summed E-state index contributed by atoms with van der Waals surface area (Å²) in [6.45, 7) is 1.79. The number of ether oxygens (including phenoxy) is 1. The number of hydrogen-bond donors (Lipinski definition) is 2. The first-order valence-corrected chi connectivity index (χ1v) is 11.6. The fourth-order valence-electron chi connectivity index (χ4n) is 3.65. The molecule has 0 saturated heterocycles. The second-order valence-corrected chi connectivity index (χ2v) is 8.94. The first-order valence-electron chi connectivity index (χ1n) is 10.9. The molecule has 1 aliphatic rings. The van der Waals surface area contributed by atoms with Crippen molar-refractivity contribution >= 4 is 58.0 Å². The van der Waals surface area contributed by atoms with Crippen molar-refractivity contribution in [1.82, 2.24) is 0 Å². The third-order valence-corrected chi connectivity index (χ3v) is 6.24. The van der Waals surface area contributed by atoms with E-state index < -0.39 is 29.5 Å². The minimum absolute atomic E-state index is 0.0644. The number of methoxy groups -OCH3 is 1. The Bertz CT molecular complexity index is 1490. The van der Waals surface area contributed by atoms with E-state index in [1.807, 2.05) is 0 Å². The van der Waals surface area contributed by atoms with E-state index in [4.69, 9.17) is 27.9 Å². The lowest BCUT2D eigenvalue weighted by molar-refractivity contribution is -0.137. The topological polar surface area (TPSA) is 87.7 Å². The lowest BCUT2D eigenvalue weighted by Crippen LogP contribution is -2.32. The van der Waals surface area contributed by atoms with Gasteiger partial charge in [-0.3, -0.25) is 14.4 Å². The Balaban J connectivity index is 1.51. The Hall–Kier alpha value is -4.02. The highest BCUT2D eigenvalue weighted by Gasteiger charge is 2.40. The molecule has 1 heterocycles. The van der Waals surface area contributed by atoms with Crippen molar-refractivity contribution in [2.24, 2.45) is 0 Å². The summed E-state index contributed by atoms with van der Waals surface area (Å²) in [4.78, 5) is 39.4. The van der Waals surface area contributed by atoms with Crippen LogP contribution in [0, 0.1) is 6.92 Å². The summed E-state index contributed by atoms with van der Waals surface area (Å²) < 4.78 is 44.3. The molecule has 0 atom stereocenters. The number of alkyl halides is 3. The predicted octanol–water partition coefficient (Wildman–Crippen LogP) is 6.36. The van der Waals surface area contributed by atoms with Crippen molar-refractivity contribution in [3.8, 4) is 5.75 Å². The van der Waals surface area contributed by atoms with Crippen LogP contribution in [0.3, 0.4) is 0 Å². The summed E-state index contributed by atoms with van der Waals surface area (Å²) in [5.41, 5.74) is 0.113. The number of imide groups is 1. The highest BCUT2D eigenvalue weighted by atomic mass is 35.5. The van der Waals surface area contributed by atoms with Gasteiger partial charge >= 0.3 is 6.18 Å². The Labute approximate surface area is 224 Å². The van der Waals surface area contributed by atoms with Crippen LogP contribution in [-0.4, -0.2) is 24.8 Å². The maximum absolute atomic E-state index is 13.1. The van der Waals surface area contributed by atoms with E-state index in [1.54, 1.807) is 25.1 Å². The van der Waals surface area contributed by atoms with Crippen LogP contribution in [0.1, 0.15) is 21.5 Å². The molecular weight excluding hydrogens is 546 g/mol. The summed E-state index contributed by atoms with van der Waals surface area (Å²) in [5.74, 6) is -1.85. The summed E-state index contributed by atoms with van der Waals surface area (Å²) in [7, 11) is 1.41. The van der Waals surface area contributed by atoms with Crippen LogP contribution in [0.4, 0.5) is 30.2 Å². The number of carbonyl (C=O) groups excluding carboxylic acids is 3. The second-order valence-electron chi connectivity index (χ2n) is 8.16. The Kier molecular flexibility index (Phi) is 7.39. The molecule has 0 fully saturated rings. The van der Waals surface area contributed by atoms with Crippen molar-refractivity contribution < 1.29 is 32.3 Å². The molecule has 196 valence electrons. The zero-order chi connectivity index (χ0) is 27.8. The Morgan fingerprint density at radius 2 is 1.63 bits per heavy atom. The van der Waals surface area contributed by atoms with Gasteiger partial charge in [-0.25, -0.2) is 4.90 Å². The molecule has 38 heavy (non-hydrogen) atoms. The van der Waals surface area contributed by atoms with Gasteiger partial charge in [-0.05, 0) is 67.1 Å². The van der Waals surface area contributed by atoms with E-state index in [9.17, 15) is 27.6 Å². The average molecular weight is 564 g/mol. The smallest absolute Gasteiger partial charge is 0.416 e. The second kappa shape index (κ2) is 10.4. The van der Waals surface area contributed by atoms with Crippen LogP contribution < -0.4 is 20.3 Å². The fraction of sp³-hybridized carbons (Fsp3) is 0.115. The van der Waals surface area contributed by atoms with Gasteiger partial charge < -0.3 is 15.4 Å². The van der Waals surface area contributed by atoms with Crippen LogP contribution in [0.15, 0.2) is 71.4 Å². The molecule has 0 unspecified atom stereocenters. The highest BCUT2D eigenvalue weighted by Crippen LogP contribution is 2.37. The average Bonchev–Trinajstić information content (AvgIpc) is 3.07. The van der Waals surface area contributed by atoms with E-state index in [2.05, 4.69) is 10.6 Å². The largest absolute Gasteiger partial charge is 0.495 e. The quantitative estimate of drug-likeness (QED) is 0.340. The number of anilines is 3. The fourth-order valence-corrected chi connectivity index (χ4v) is 4.02. The molecule has 0 bridgehead atoms. The molecule has 12 heteroatoms. The molecule has 3 aromatic carbocycles. The molecule has 7 nitrogen and oxygen atoms in total. The van der Waals surface area contributed by atoms with Gasteiger partial charge in [-0.2, -0.15) is 13.2 Å². The Morgan fingerprint density at radius 1 is 0.947 bits per heavy atom. The van der Waals surface area contributed by atoms with E-state index in [0.717, 1.165) is 28.7 Å². The molecule has 3 aromatic rings. The Morgan fingerprint density at radius 3 is 2.26 bits per heavy atom. The molecule has 0 saturated carbocycles. The lowest BCUT2D eigenvalue weighted by atomic mass is 10.1. The number of halogens is 5. The van der Waals surface area contributed by atoms with Crippen molar-refractivity contribution in [3.05, 3.63) is 93.1 Å². The number of rotatable bonds is 6. The maximum Gasteiger partial charge on any atom is 0.416 e. The molecule has 0 aromatic heterocycles. The summed E-state index contributed by atoms with van der Waals surface area (Å²) in [6, 6.07) is 13.2. The molecule has 1 aliphatic heterocycles. The monoisotopic (exact) mass is 563 g/mol. The maximum atomic E-state index is 13.1. The molecule has 0 aliphatic carbocycles. The van der Waals surface area contributed by atoms with Crippen molar-refractivity contribution in [1.29, 1.82) is 0 Å². The van der Waals surface area contributed by atoms with Gasteiger partial charge in [0, 0.05) is 11.3 Å². The van der Waals surface area contributed by atoms with Crippen molar-refractivity contribution in [2.75, 3.05) is 22.6 Å². The zero-order valence-corrected chi connectivity index (χ0v) is 21.3.